The molecule has 1 aliphatic heterocycles. The predicted molar refractivity (Wildman–Crippen MR) is 107 cm³/mol. The molecule has 2 aromatic carbocycles. The van der Waals surface area contributed by atoms with Crippen LogP contribution in [0.25, 0.3) is 11.1 Å². The molecule has 0 saturated carbocycles. The van der Waals surface area contributed by atoms with Crippen molar-refractivity contribution >= 4 is 46.4 Å². The second-order valence-electron chi connectivity index (χ2n) is 6.07. The first-order chi connectivity index (χ1) is 12.5. The van der Waals surface area contributed by atoms with Gasteiger partial charge in [-0.05, 0) is 53.9 Å². The van der Waals surface area contributed by atoms with E-state index in [9.17, 15) is 4.79 Å². The Morgan fingerprint density at radius 2 is 1.73 bits per heavy atom. The highest BCUT2D eigenvalue weighted by molar-refractivity contribution is 6.42. The molecule has 4 rings (SSSR count). The van der Waals surface area contributed by atoms with Crippen LogP contribution in [0.5, 0.6) is 0 Å². The molecule has 0 N–H and O–H groups in total. The van der Waals surface area contributed by atoms with E-state index in [2.05, 4.69) is 4.98 Å². The van der Waals surface area contributed by atoms with Gasteiger partial charge in [0.1, 0.15) is 0 Å². The van der Waals surface area contributed by atoms with Gasteiger partial charge in [-0.1, -0.05) is 40.9 Å². The van der Waals surface area contributed by atoms with Crippen LogP contribution in [-0.2, 0) is 6.42 Å². The molecule has 3 aromatic rings. The van der Waals surface area contributed by atoms with Gasteiger partial charge in [0.05, 0.1) is 21.9 Å². The zero-order valence-corrected chi connectivity index (χ0v) is 15.8. The van der Waals surface area contributed by atoms with Crippen LogP contribution in [0.4, 0.5) is 5.69 Å². The zero-order valence-electron chi connectivity index (χ0n) is 13.5. The van der Waals surface area contributed by atoms with Crippen LogP contribution in [0.1, 0.15) is 15.9 Å². The fourth-order valence-corrected chi connectivity index (χ4v) is 3.61. The zero-order chi connectivity index (χ0) is 18.3. The molecule has 1 aliphatic rings. The number of hydrogen-bond acceptors (Lipinski definition) is 2. The highest BCUT2D eigenvalue weighted by atomic mass is 35.5. The van der Waals surface area contributed by atoms with E-state index >= 15 is 0 Å². The van der Waals surface area contributed by atoms with Gasteiger partial charge in [0.15, 0.2) is 0 Å². The first-order valence-corrected chi connectivity index (χ1v) is 9.17. The van der Waals surface area contributed by atoms with Crippen LogP contribution in [0, 0.1) is 0 Å². The van der Waals surface area contributed by atoms with E-state index in [1.165, 1.54) is 0 Å². The summed E-state index contributed by atoms with van der Waals surface area (Å²) in [5.74, 6) is -0.0454. The summed E-state index contributed by atoms with van der Waals surface area (Å²) in [6.45, 7) is 0.582. The maximum Gasteiger partial charge on any atom is 0.258 e. The number of rotatable bonds is 2. The average Bonchev–Trinajstić information content (AvgIpc) is 2.64. The molecule has 26 heavy (non-hydrogen) atoms. The highest BCUT2D eigenvalue weighted by Crippen LogP contribution is 2.31. The number of benzene rings is 2. The van der Waals surface area contributed by atoms with Crippen molar-refractivity contribution < 1.29 is 4.79 Å². The second kappa shape index (κ2) is 6.92. The average molecular weight is 404 g/mol. The van der Waals surface area contributed by atoms with Crippen LogP contribution >= 0.6 is 34.8 Å². The van der Waals surface area contributed by atoms with Crippen LogP contribution in [0.15, 0.2) is 54.9 Å². The molecule has 2 heterocycles. The predicted octanol–water partition coefficient (Wildman–Crippen LogP) is 5.91. The first kappa shape index (κ1) is 17.3. The van der Waals surface area contributed by atoms with Crippen molar-refractivity contribution in [1.29, 1.82) is 0 Å². The van der Waals surface area contributed by atoms with Crippen molar-refractivity contribution in [1.82, 2.24) is 4.98 Å². The molecule has 0 radical (unpaired) electrons. The van der Waals surface area contributed by atoms with Crippen LogP contribution in [-0.4, -0.2) is 17.4 Å². The second-order valence-corrected chi connectivity index (χ2v) is 7.32. The summed E-state index contributed by atoms with van der Waals surface area (Å²) in [6, 6.07) is 12.7. The van der Waals surface area contributed by atoms with E-state index in [1.807, 2.05) is 18.2 Å². The molecule has 0 fully saturated rings. The normalized spacial score (nSPS) is 13.7. The van der Waals surface area contributed by atoms with Crippen molar-refractivity contribution in [2.24, 2.45) is 0 Å². The fourth-order valence-electron chi connectivity index (χ4n) is 3.11. The Morgan fingerprint density at radius 1 is 0.885 bits per heavy atom. The minimum Gasteiger partial charge on any atom is -0.306 e. The van der Waals surface area contributed by atoms with E-state index in [0.717, 1.165) is 28.8 Å². The molecule has 6 heteroatoms. The molecule has 3 nitrogen and oxygen atoms in total. The third kappa shape index (κ3) is 3.18. The van der Waals surface area contributed by atoms with Gasteiger partial charge in [-0.15, -0.1) is 0 Å². The molecule has 0 unspecified atom stereocenters. The quantitative estimate of drug-likeness (QED) is 0.533. The van der Waals surface area contributed by atoms with Gasteiger partial charge in [-0.3, -0.25) is 9.78 Å². The summed E-state index contributed by atoms with van der Waals surface area (Å²) < 4.78 is 0. The van der Waals surface area contributed by atoms with Crippen molar-refractivity contribution in [3.63, 3.8) is 0 Å². The van der Waals surface area contributed by atoms with E-state index in [-0.39, 0.29) is 5.91 Å². The molecule has 0 spiro atoms. The maximum atomic E-state index is 12.9. The van der Waals surface area contributed by atoms with E-state index in [4.69, 9.17) is 34.8 Å². The molecule has 1 aromatic heterocycles. The van der Waals surface area contributed by atoms with Crippen molar-refractivity contribution in [3.05, 3.63) is 81.1 Å². The van der Waals surface area contributed by atoms with Crippen LogP contribution in [0.3, 0.4) is 0 Å². The molecule has 1 amide bonds. The van der Waals surface area contributed by atoms with Gasteiger partial charge in [0.25, 0.3) is 5.91 Å². The van der Waals surface area contributed by atoms with Gasteiger partial charge in [0.2, 0.25) is 0 Å². The number of halogens is 3. The third-order valence-electron chi connectivity index (χ3n) is 4.44. The summed E-state index contributed by atoms with van der Waals surface area (Å²) in [4.78, 5) is 18.9. The molecule has 130 valence electrons. The number of carbonyl (C=O) groups is 1. The first-order valence-electron chi connectivity index (χ1n) is 8.04. The Hall–Kier alpha value is -2.07. The SMILES string of the molecule is O=C1c2ccc(Cl)cc2CCN1c1cncc(-c2ccc(Cl)c(Cl)c2)c1. The number of hydrogen-bond donors (Lipinski definition) is 0. The Bertz CT molecular complexity index is 1020. The minimum atomic E-state index is -0.0454. The Labute approximate surface area is 166 Å². The molecule has 0 aliphatic carbocycles. The lowest BCUT2D eigenvalue weighted by Crippen LogP contribution is -2.37. The van der Waals surface area contributed by atoms with Gasteiger partial charge in [-0.2, -0.15) is 0 Å². The van der Waals surface area contributed by atoms with Crippen molar-refractivity contribution in [2.45, 2.75) is 6.42 Å². The highest BCUT2D eigenvalue weighted by Gasteiger charge is 2.26. The lowest BCUT2D eigenvalue weighted by molar-refractivity contribution is 0.0980. The standard InChI is InChI=1S/C20H13Cl3N2O/c21-15-2-3-17-13(7-15)5-6-25(20(17)26)16-8-14(10-24-11-16)12-1-4-18(22)19(23)9-12/h1-4,7-11H,5-6H2. The number of fused-ring (bicyclic) bond motifs is 1. The Kier molecular flexibility index (Phi) is 4.62. The monoisotopic (exact) mass is 402 g/mol. The summed E-state index contributed by atoms with van der Waals surface area (Å²) in [6.07, 6.45) is 4.18. The topological polar surface area (TPSA) is 33.2 Å². The summed E-state index contributed by atoms with van der Waals surface area (Å²) in [7, 11) is 0. The van der Waals surface area contributed by atoms with E-state index in [0.29, 0.717) is 27.2 Å². The van der Waals surface area contributed by atoms with E-state index < -0.39 is 0 Å². The largest absolute Gasteiger partial charge is 0.306 e. The van der Waals surface area contributed by atoms with Crippen molar-refractivity contribution in [2.75, 3.05) is 11.4 Å². The molecule has 0 atom stereocenters. The third-order valence-corrected chi connectivity index (χ3v) is 5.41. The smallest absolute Gasteiger partial charge is 0.258 e. The molecular formula is C20H13Cl3N2O. The van der Waals surface area contributed by atoms with Gasteiger partial charge in [-0.25, -0.2) is 0 Å². The van der Waals surface area contributed by atoms with E-state index in [1.54, 1.807) is 41.6 Å². The molecule has 0 bridgehead atoms. The van der Waals surface area contributed by atoms with Gasteiger partial charge < -0.3 is 4.90 Å². The summed E-state index contributed by atoms with van der Waals surface area (Å²) in [5, 5.41) is 1.63. The molecule has 0 saturated heterocycles. The van der Waals surface area contributed by atoms with Crippen molar-refractivity contribution in [3.8, 4) is 11.1 Å². The maximum absolute atomic E-state index is 12.9. The minimum absolute atomic E-state index is 0.0454. The number of amides is 1. The number of anilines is 1. The van der Waals surface area contributed by atoms with Crippen LogP contribution in [0.2, 0.25) is 15.1 Å². The van der Waals surface area contributed by atoms with Gasteiger partial charge in [0, 0.05) is 28.9 Å². The lowest BCUT2D eigenvalue weighted by Gasteiger charge is -2.28. The number of pyridine rings is 1. The number of aromatic nitrogens is 1. The summed E-state index contributed by atoms with van der Waals surface area (Å²) in [5.41, 5.74) is 4.17. The lowest BCUT2D eigenvalue weighted by atomic mass is 9.98. The Balaban J connectivity index is 1.70. The van der Waals surface area contributed by atoms with Crippen LogP contribution < -0.4 is 4.90 Å². The van der Waals surface area contributed by atoms with Gasteiger partial charge >= 0.3 is 0 Å². The summed E-state index contributed by atoms with van der Waals surface area (Å²) >= 11 is 18.1. The molecular weight excluding hydrogens is 391 g/mol. The fraction of sp³-hybridized carbons (Fsp3) is 0.100. The Morgan fingerprint density at radius 3 is 2.54 bits per heavy atom. The number of nitrogens with zero attached hydrogens (tertiary/aromatic N) is 2. The number of carbonyl (C=O) groups excluding carboxylic acids is 1.